The van der Waals surface area contributed by atoms with E-state index < -0.39 is 24.0 Å². The van der Waals surface area contributed by atoms with E-state index in [2.05, 4.69) is 16.0 Å². The highest BCUT2D eigenvalue weighted by atomic mass is 35.5. The highest BCUT2D eigenvalue weighted by molar-refractivity contribution is 6.30. The minimum atomic E-state index is -1.07. The number of aliphatic carboxylic acids is 2. The maximum absolute atomic E-state index is 12.0. The van der Waals surface area contributed by atoms with Crippen molar-refractivity contribution < 1.29 is 19.8 Å². The van der Waals surface area contributed by atoms with Crippen molar-refractivity contribution in [3.8, 4) is 0 Å². The number of aryl methyl sites for hydroxylation is 1. The first-order valence-electron chi connectivity index (χ1n) is 12.7. The van der Waals surface area contributed by atoms with Crippen LogP contribution in [0.5, 0.6) is 0 Å². The van der Waals surface area contributed by atoms with Crippen molar-refractivity contribution in [2.45, 2.75) is 79.9 Å². The van der Waals surface area contributed by atoms with Crippen LogP contribution in [0.3, 0.4) is 0 Å². The summed E-state index contributed by atoms with van der Waals surface area (Å²) in [6.07, 6.45) is 2.49. The summed E-state index contributed by atoms with van der Waals surface area (Å²) in [5, 5.41) is 23.8. The van der Waals surface area contributed by atoms with E-state index in [9.17, 15) is 19.8 Å². The topological polar surface area (TPSA) is 91.6 Å². The number of aromatic nitrogens is 1. The van der Waals surface area contributed by atoms with E-state index in [1.165, 1.54) is 0 Å². The summed E-state index contributed by atoms with van der Waals surface area (Å²) in [7, 11) is 0. The molecule has 3 N–H and O–H groups in total. The quantitative estimate of drug-likeness (QED) is 0.276. The van der Waals surface area contributed by atoms with Crippen LogP contribution in [-0.4, -0.2) is 38.8 Å². The molecule has 0 aliphatic carbocycles. The Bertz CT molecular complexity index is 1100. The van der Waals surface area contributed by atoms with Gasteiger partial charge < -0.3 is 14.8 Å². The lowest BCUT2D eigenvalue weighted by atomic mass is 10.0. The van der Waals surface area contributed by atoms with E-state index in [0.29, 0.717) is 18.0 Å². The Morgan fingerprint density at radius 3 is 2.14 bits per heavy atom. The fraction of sp³-hybridized carbons (Fsp3) is 0.448. The van der Waals surface area contributed by atoms with Crippen molar-refractivity contribution in [2.75, 3.05) is 0 Å². The monoisotopic (exact) mass is 516 g/mol. The molecule has 2 atom stereocenters. The van der Waals surface area contributed by atoms with E-state index in [1.54, 1.807) is 0 Å². The van der Waals surface area contributed by atoms with Crippen LogP contribution >= 0.6 is 11.6 Å². The van der Waals surface area contributed by atoms with Crippen LogP contribution in [-0.2, 0) is 22.6 Å². The normalized spacial score (nSPS) is 12.2. The highest BCUT2D eigenvalue weighted by Crippen LogP contribution is 2.25. The lowest BCUT2D eigenvalue weighted by Gasteiger charge is -2.21. The molecule has 0 saturated heterocycles. The van der Waals surface area contributed by atoms with Gasteiger partial charge in [0.2, 0.25) is 0 Å². The van der Waals surface area contributed by atoms with Crippen molar-refractivity contribution in [2.24, 2.45) is 5.92 Å². The summed E-state index contributed by atoms with van der Waals surface area (Å²) in [5.74, 6) is -1.98. The fourth-order valence-corrected chi connectivity index (χ4v) is 4.42. The molecule has 0 spiro atoms. The van der Waals surface area contributed by atoms with Crippen LogP contribution in [0.4, 0.5) is 0 Å². The Balaban J connectivity index is 0.00000154. The van der Waals surface area contributed by atoms with Gasteiger partial charge in [-0.2, -0.15) is 0 Å². The van der Waals surface area contributed by atoms with E-state index >= 15 is 0 Å². The van der Waals surface area contributed by atoms with Gasteiger partial charge in [0.05, 0.1) is 0 Å². The molecule has 6 nitrogen and oxygen atoms in total. The number of rotatable bonds is 10. The summed E-state index contributed by atoms with van der Waals surface area (Å²) in [4.78, 5) is 23.6. The molecule has 0 aliphatic heterocycles. The third kappa shape index (κ3) is 8.99. The molecule has 0 radical (unpaired) electrons. The minimum absolute atomic E-state index is 0.126. The van der Waals surface area contributed by atoms with Crippen LogP contribution in [0.25, 0.3) is 10.9 Å². The van der Waals surface area contributed by atoms with Crippen molar-refractivity contribution >= 4 is 34.4 Å². The molecule has 198 valence electrons. The van der Waals surface area contributed by atoms with Crippen molar-refractivity contribution in [1.29, 1.82) is 0 Å². The van der Waals surface area contributed by atoms with Crippen molar-refractivity contribution in [3.05, 3.63) is 70.4 Å². The molecular weight excluding hydrogens is 476 g/mol. The smallest absolute Gasteiger partial charge is 0.321 e. The second-order valence-corrected chi connectivity index (χ2v) is 9.15. The molecule has 0 amide bonds. The Kier molecular flexibility index (Phi) is 13.3. The van der Waals surface area contributed by atoms with E-state index in [-0.39, 0.29) is 12.3 Å². The van der Waals surface area contributed by atoms with Crippen LogP contribution in [0, 0.1) is 12.8 Å². The standard InChI is InChI=1S/C25H29ClN2O4.2C2H6/c1-15(2)8-21(24(29)30)27-22(25(31)32)12-18-14-28(23-7-5-4-6-20(18)23)13-17-9-16(3)10-19(26)11-17;2*1-2/h4-7,9-11,14-15,21-22,27H,8,12-13H2,1-3H3,(H,29,30)(H,31,32);2*1-2H3. The molecular formula is C29H41ClN2O4. The van der Waals surface area contributed by atoms with Gasteiger partial charge >= 0.3 is 11.9 Å². The van der Waals surface area contributed by atoms with Gasteiger partial charge in [0.15, 0.2) is 0 Å². The largest absolute Gasteiger partial charge is 0.480 e. The maximum Gasteiger partial charge on any atom is 0.321 e. The van der Waals surface area contributed by atoms with Crippen LogP contribution in [0.1, 0.15) is 64.7 Å². The number of carboxylic acid groups (broad SMARTS) is 2. The second kappa shape index (κ2) is 15.3. The number of nitrogens with zero attached hydrogens (tertiary/aromatic N) is 1. The SMILES string of the molecule is CC.CC.Cc1cc(Cl)cc(Cn2cc(CC(NC(CC(C)C)C(=O)O)C(=O)O)c3ccccc32)c1. The molecule has 2 aromatic carbocycles. The van der Waals surface area contributed by atoms with Gasteiger partial charge in [-0.15, -0.1) is 0 Å². The van der Waals surface area contributed by atoms with E-state index in [4.69, 9.17) is 11.6 Å². The summed E-state index contributed by atoms with van der Waals surface area (Å²) in [5.41, 5.74) is 3.97. The average Bonchev–Trinajstić information content (AvgIpc) is 3.16. The molecule has 3 aromatic rings. The van der Waals surface area contributed by atoms with Crippen LogP contribution < -0.4 is 5.32 Å². The van der Waals surface area contributed by atoms with Gasteiger partial charge in [-0.25, -0.2) is 0 Å². The number of carboxylic acids is 2. The Morgan fingerprint density at radius 2 is 1.58 bits per heavy atom. The Labute approximate surface area is 220 Å². The Hall–Kier alpha value is -2.83. The number of fused-ring (bicyclic) bond motifs is 1. The zero-order valence-electron chi connectivity index (χ0n) is 22.5. The molecule has 7 heteroatoms. The first-order chi connectivity index (χ1) is 17.1. The number of para-hydroxylation sites is 1. The number of hydrogen-bond acceptors (Lipinski definition) is 3. The van der Waals surface area contributed by atoms with Crippen molar-refractivity contribution in [3.63, 3.8) is 0 Å². The number of benzene rings is 2. The number of nitrogens with one attached hydrogen (secondary N) is 1. The van der Waals surface area contributed by atoms with E-state index in [1.807, 2.05) is 91.1 Å². The molecule has 36 heavy (non-hydrogen) atoms. The molecule has 1 heterocycles. The number of carbonyl (C=O) groups is 2. The molecule has 3 rings (SSSR count). The zero-order valence-corrected chi connectivity index (χ0v) is 23.3. The predicted molar refractivity (Wildman–Crippen MR) is 149 cm³/mol. The molecule has 0 fully saturated rings. The van der Waals surface area contributed by atoms with Gasteiger partial charge in [0.25, 0.3) is 0 Å². The summed E-state index contributed by atoms with van der Waals surface area (Å²) >= 11 is 6.22. The van der Waals surface area contributed by atoms with Gasteiger partial charge in [-0.1, -0.05) is 77.4 Å². The van der Waals surface area contributed by atoms with Gasteiger partial charge in [-0.05, 0) is 54.2 Å². The van der Waals surface area contributed by atoms with Gasteiger partial charge in [0.1, 0.15) is 12.1 Å². The maximum atomic E-state index is 12.0. The summed E-state index contributed by atoms with van der Waals surface area (Å²) < 4.78 is 2.08. The summed E-state index contributed by atoms with van der Waals surface area (Å²) in [6, 6.07) is 11.8. The molecule has 0 bridgehead atoms. The summed E-state index contributed by atoms with van der Waals surface area (Å²) in [6.45, 7) is 14.4. The first kappa shape index (κ1) is 31.2. The first-order valence-corrected chi connectivity index (χ1v) is 13.1. The molecule has 1 aromatic heterocycles. The minimum Gasteiger partial charge on any atom is -0.480 e. The van der Waals surface area contributed by atoms with Crippen LogP contribution in [0.15, 0.2) is 48.7 Å². The van der Waals surface area contributed by atoms with E-state index in [0.717, 1.165) is 27.6 Å². The average molecular weight is 517 g/mol. The Morgan fingerprint density at radius 1 is 0.972 bits per heavy atom. The molecule has 0 saturated carbocycles. The molecule has 0 aliphatic rings. The van der Waals surface area contributed by atoms with Crippen molar-refractivity contribution in [1.82, 2.24) is 9.88 Å². The van der Waals surface area contributed by atoms with Gasteiger partial charge in [-0.3, -0.25) is 14.9 Å². The van der Waals surface area contributed by atoms with Gasteiger partial charge in [0, 0.05) is 35.1 Å². The fourth-order valence-electron chi connectivity index (χ4n) is 4.11. The third-order valence-corrected chi connectivity index (χ3v) is 5.67. The number of hydrogen-bond donors (Lipinski definition) is 3. The highest BCUT2D eigenvalue weighted by Gasteiger charge is 2.27. The zero-order chi connectivity index (χ0) is 27.4. The number of halogens is 1. The second-order valence-electron chi connectivity index (χ2n) is 8.72. The lowest BCUT2D eigenvalue weighted by Crippen LogP contribution is -2.48. The lowest BCUT2D eigenvalue weighted by molar-refractivity contribution is -0.142. The predicted octanol–water partition coefficient (Wildman–Crippen LogP) is 6.79. The third-order valence-electron chi connectivity index (χ3n) is 5.46. The van der Waals surface area contributed by atoms with Crippen LogP contribution in [0.2, 0.25) is 5.02 Å². The molecule has 2 unspecified atom stereocenters.